The third kappa shape index (κ3) is 3.07. The molecule has 0 radical (unpaired) electrons. The summed E-state index contributed by atoms with van der Waals surface area (Å²) in [6.45, 7) is 1.77. The van der Waals surface area contributed by atoms with Crippen molar-refractivity contribution in [2.75, 3.05) is 0 Å². The predicted octanol–water partition coefficient (Wildman–Crippen LogP) is 4.85. The molecule has 0 unspecified atom stereocenters. The average molecular weight is 288 g/mol. The Labute approximate surface area is 129 Å². The molecule has 2 heteroatoms. The maximum absolute atomic E-state index is 12.2. The molecule has 0 N–H and O–H groups in total. The third-order valence-electron chi connectivity index (χ3n) is 3.47. The summed E-state index contributed by atoms with van der Waals surface area (Å²) in [5.41, 5.74) is 1.58. The molecule has 0 aromatic heterocycles. The van der Waals surface area contributed by atoms with E-state index in [1.54, 1.807) is 19.1 Å². The Kier molecular flexibility index (Phi) is 4.01. The molecule has 0 amide bonds. The van der Waals surface area contributed by atoms with Crippen LogP contribution in [0.1, 0.15) is 12.5 Å². The molecule has 0 saturated heterocycles. The zero-order chi connectivity index (χ0) is 15.4. The standard InChI is InChI=1S/C20H16O2/c1-15(20(21)22-18-11-3-2-4-12-18)14-17-10-7-9-16-8-5-6-13-19(16)17/h2-14H,1H3. The van der Waals surface area contributed by atoms with E-state index in [2.05, 4.69) is 18.2 Å². The van der Waals surface area contributed by atoms with Gasteiger partial charge in [0.1, 0.15) is 5.75 Å². The smallest absolute Gasteiger partial charge is 0.339 e. The molecule has 0 heterocycles. The Morgan fingerprint density at radius 2 is 1.55 bits per heavy atom. The molecule has 0 spiro atoms. The van der Waals surface area contributed by atoms with Crippen molar-refractivity contribution in [2.24, 2.45) is 0 Å². The van der Waals surface area contributed by atoms with Gasteiger partial charge in [0.05, 0.1) is 0 Å². The first-order valence-corrected chi connectivity index (χ1v) is 7.17. The Morgan fingerprint density at radius 1 is 0.864 bits per heavy atom. The van der Waals surface area contributed by atoms with Crippen molar-refractivity contribution in [1.29, 1.82) is 0 Å². The van der Waals surface area contributed by atoms with E-state index in [-0.39, 0.29) is 5.97 Å². The van der Waals surface area contributed by atoms with Crippen LogP contribution < -0.4 is 4.74 Å². The van der Waals surface area contributed by atoms with E-state index < -0.39 is 0 Å². The fourth-order valence-electron chi connectivity index (χ4n) is 2.34. The number of benzene rings is 3. The van der Waals surface area contributed by atoms with Crippen molar-refractivity contribution < 1.29 is 9.53 Å². The van der Waals surface area contributed by atoms with Crippen LogP contribution in [0.4, 0.5) is 0 Å². The first kappa shape index (κ1) is 14.1. The van der Waals surface area contributed by atoms with Crippen LogP contribution in [-0.4, -0.2) is 5.97 Å². The number of fused-ring (bicyclic) bond motifs is 1. The Balaban J connectivity index is 1.88. The molecule has 3 rings (SSSR count). The molecule has 108 valence electrons. The van der Waals surface area contributed by atoms with Crippen molar-refractivity contribution in [3.05, 3.63) is 83.9 Å². The lowest BCUT2D eigenvalue weighted by Gasteiger charge is -2.06. The highest BCUT2D eigenvalue weighted by Crippen LogP contribution is 2.21. The second kappa shape index (κ2) is 6.27. The lowest BCUT2D eigenvalue weighted by atomic mass is 10.0. The first-order chi connectivity index (χ1) is 10.7. The van der Waals surface area contributed by atoms with Gasteiger partial charge in [-0.25, -0.2) is 4.79 Å². The fraction of sp³-hybridized carbons (Fsp3) is 0.0500. The van der Waals surface area contributed by atoms with Gasteiger partial charge in [0.25, 0.3) is 0 Å². The summed E-state index contributed by atoms with van der Waals surface area (Å²) < 4.78 is 5.35. The second-order valence-electron chi connectivity index (χ2n) is 5.10. The number of para-hydroxylation sites is 1. The van der Waals surface area contributed by atoms with Gasteiger partial charge < -0.3 is 4.74 Å². The molecule has 0 atom stereocenters. The Bertz CT molecular complexity index is 827. The van der Waals surface area contributed by atoms with Crippen LogP contribution in [0.5, 0.6) is 5.75 Å². The van der Waals surface area contributed by atoms with E-state index in [0.717, 1.165) is 16.3 Å². The Morgan fingerprint density at radius 3 is 2.36 bits per heavy atom. The second-order valence-corrected chi connectivity index (χ2v) is 5.10. The van der Waals surface area contributed by atoms with Gasteiger partial charge in [-0.3, -0.25) is 0 Å². The number of hydrogen-bond acceptors (Lipinski definition) is 2. The molecule has 0 fully saturated rings. The van der Waals surface area contributed by atoms with E-state index in [9.17, 15) is 4.79 Å². The number of hydrogen-bond donors (Lipinski definition) is 0. The minimum Gasteiger partial charge on any atom is -0.423 e. The number of carbonyl (C=O) groups excluding carboxylic acids is 1. The number of esters is 1. The highest BCUT2D eigenvalue weighted by molar-refractivity contribution is 5.98. The molecule has 0 bridgehead atoms. The summed E-state index contributed by atoms with van der Waals surface area (Å²) in [5.74, 6) is 0.220. The molecule has 2 nitrogen and oxygen atoms in total. The third-order valence-corrected chi connectivity index (χ3v) is 3.47. The lowest BCUT2D eigenvalue weighted by molar-refractivity contribution is -0.130. The number of ether oxygens (including phenoxy) is 1. The van der Waals surface area contributed by atoms with Crippen LogP contribution in [0.3, 0.4) is 0 Å². The Hall–Kier alpha value is -2.87. The lowest BCUT2D eigenvalue weighted by Crippen LogP contribution is -2.08. The van der Waals surface area contributed by atoms with Gasteiger partial charge in [-0.05, 0) is 41.5 Å². The summed E-state index contributed by atoms with van der Waals surface area (Å²) in [5, 5.41) is 2.28. The maximum Gasteiger partial charge on any atom is 0.339 e. The van der Waals surface area contributed by atoms with Gasteiger partial charge in [0.2, 0.25) is 0 Å². The molecule has 3 aromatic carbocycles. The summed E-state index contributed by atoms with van der Waals surface area (Å²) in [7, 11) is 0. The fourth-order valence-corrected chi connectivity index (χ4v) is 2.34. The summed E-state index contributed by atoms with van der Waals surface area (Å²) in [6.07, 6.45) is 1.87. The van der Waals surface area contributed by atoms with Crippen molar-refractivity contribution in [2.45, 2.75) is 6.92 Å². The van der Waals surface area contributed by atoms with Crippen LogP contribution >= 0.6 is 0 Å². The summed E-state index contributed by atoms with van der Waals surface area (Å²) in [4.78, 5) is 12.2. The van der Waals surface area contributed by atoms with Crippen LogP contribution in [0.2, 0.25) is 0 Å². The van der Waals surface area contributed by atoms with E-state index >= 15 is 0 Å². The molecule has 3 aromatic rings. The van der Waals surface area contributed by atoms with Crippen molar-refractivity contribution in [3.8, 4) is 5.75 Å². The van der Waals surface area contributed by atoms with Gasteiger partial charge >= 0.3 is 5.97 Å². The molecule has 0 aliphatic carbocycles. The molecular weight excluding hydrogens is 272 g/mol. The van der Waals surface area contributed by atoms with Crippen molar-refractivity contribution >= 4 is 22.8 Å². The van der Waals surface area contributed by atoms with Gasteiger partial charge in [0, 0.05) is 5.57 Å². The highest BCUT2D eigenvalue weighted by Gasteiger charge is 2.08. The quantitative estimate of drug-likeness (QED) is 0.391. The number of carbonyl (C=O) groups is 1. The minimum absolute atomic E-state index is 0.334. The molecule has 0 aliphatic heterocycles. The minimum atomic E-state index is -0.334. The molecule has 0 aliphatic rings. The molecule has 0 saturated carbocycles. The average Bonchev–Trinajstić information content (AvgIpc) is 2.56. The van der Waals surface area contributed by atoms with E-state index in [0.29, 0.717) is 11.3 Å². The monoisotopic (exact) mass is 288 g/mol. The van der Waals surface area contributed by atoms with Gasteiger partial charge in [-0.2, -0.15) is 0 Å². The van der Waals surface area contributed by atoms with Crippen LogP contribution in [-0.2, 0) is 4.79 Å². The zero-order valence-corrected chi connectivity index (χ0v) is 12.3. The van der Waals surface area contributed by atoms with Crippen molar-refractivity contribution in [1.82, 2.24) is 0 Å². The zero-order valence-electron chi connectivity index (χ0n) is 12.3. The van der Waals surface area contributed by atoms with Crippen LogP contribution in [0.15, 0.2) is 78.4 Å². The SMILES string of the molecule is CC(=Cc1cccc2ccccc12)C(=O)Oc1ccccc1. The number of rotatable bonds is 3. The van der Waals surface area contributed by atoms with E-state index in [4.69, 9.17) is 4.74 Å². The maximum atomic E-state index is 12.2. The van der Waals surface area contributed by atoms with Crippen molar-refractivity contribution in [3.63, 3.8) is 0 Å². The normalized spacial score (nSPS) is 11.4. The topological polar surface area (TPSA) is 26.3 Å². The largest absolute Gasteiger partial charge is 0.423 e. The van der Waals surface area contributed by atoms with Crippen LogP contribution in [0.25, 0.3) is 16.8 Å². The summed E-state index contributed by atoms with van der Waals surface area (Å²) in [6, 6.07) is 23.3. The van der Waals surface area contributed by atoms with Crippen LogP contribution in [0, 0.1) is 0 Å². The van der Waals surface area contributed by atoms with Gasteiger partial charge in [-0.15, -0.1) is 0 Å². The molecular formula is C20H16O2. The summed E-state index contributed by atoms with van der Waals surface area (Å²) >= 11 is 0. The predicted molar refractivity (Wildman–Crippen MR) is 89.7 cm³/mol. The highest BCUT2D eigenvalue weighted by atomic mass is 16.5. The van der Waals surface area contributed by atoms with Gasteiger partial charge in [-0.1, -0.05) is 60.7 Å². The van der Waals surface area contributed by atoms with Gasteiger partial charge in [0.15, 0.2) is 0 Å². The van der Waals surface area contributed by atoms with E-state index in [1.807, 2.05) is 48.5 Å². The van der Waals surface area contributed by atoms with E-state index in [1.165, 1.54) is 0 Å². The molecule has 22 heavy (non-hydrogen) atoms. The first-order valence-electron chi connectivity index (χ1n) is 7.17.